The van der Waals surface area contributed by atoms with E-state index in [4.69, 9.17) is 5.73 Å². The molecule has 1 aromatic rings. The zero-order valence-corrected chi connectivity index (χ0v) is 8.70. The molecule has 0 amide bonds. The van der Waals surface area contributed by atoms with Gasteiger partial charge in [0.1, 0.15) is 5.82 Å². The summed E-state index contributed by atoms with van der Waals surface area (Å²) in [6.45, 7) is 4.32. The van der Waals surface area contributed by atoms with E-state index in [9.17, 15) is 4.39 Å². The van der Waals surface area contributed by atoms with Crippen LogP contribution in [-0.4, -0.2) is 4.98 Å². The van der Waals surface area contributed by atoms with Gasteiger partial charge in [0.25, 0.3) is 0 Å². The van der Waals surface area contributed by atoms with Crippen LogP contribution in [0.4, 0.5) is 4.39 Å². The lowest BCUT2D eigenvalue weighted by Gasteiger charge is -2.12. The quantitative estimate of drug-likeness (QED) is 0.804. The van der Waals surface area contributed by atoms with Crippen LogP contribution in [-0.2, 0) is 0 Å². The smallest absolute Gasteiger partial charge is 0.141 e. The first kappa shape index (κ1) is 11.1. The van der Waals surface area contributed by atoms with Gasteiger partial charge in [-0.05, 0) is 30.9 Å². The standard InChI is InChI=1S/C11H17FN2/c1-8(2)3-5-10(13)11-6-4-9(12)7-14-11/h4,6-8,10H,3,5,13H2,1-2H3. The molecule has 0 aromatic carbocycles. The van der Waals surface area contributed by atoms with Crippen LogP contribution in [0.25, 0.3) is 0 Å². The summed E-state index contributed by atoms with van der Waals surface area (Å²) in [6.07, 6.45) is 3.18. The van der Waals surface area contributed by atoms with Crippen molar-refractivity contribution in [3.8, 4) is 0 Å². The molecule has 78 valence electrons. The topological polar surface area (TPSA) is 38.9 Å². The van der Waals surface area contributed by atoms with Gasteiger partial charge in [-0.2, -0.15) is 0 Å². The summed E-state index contributed by atoms with van der Waals surface area (Å²) < 4.78 is 12.6. The summed E-state index contributed by atoms with van der Waals surface area (Å²) in [5.74, 6) is 0.325. The molecule has 0 saturated carbocycles. The number of nitrogens with two attached hydrogens (primary N) is 1. The Bertz CT molecular complexity index is 269. The van der Waals surface area contributed by atoms with Gasteiger partial charge in [-0.25, -0.2) is 4.39 Å². The molecule has 1 atom stereocenters. The molecule has 0 saturated heterocycles. The Balaban J connectivity index is 2.52. The maximum absolute atomic E-state index is 12.6. The maximum Gasteiger partial charge on any atom is 0.141 e. The predicted molar refractivity (Wildman–Crippen MR) is 55.2 cm³/mol. The molecule has 1 aromatic heterocycles. The van der Waals surface area contributed by atoms with Gasteiger partial charge in [-0.15, -0.1) is 0 Å². The summed E-state index contributed by atoms with van der Waals surface area (Å²) in [5, 5.41) is 0. The van der Waals surface area contributed by atoms with Crippen molar-refractivity contribution in [1.82, 2.24) is 4.98 Å². The number of nitrogens with zero attached hydrogens (tertiary/aromatic N) is 1. The minimum Gasteiger partial charge on any atom is -0.323 e. The van der Waals surface area contributed by atoms with E-state index in [0.717, 1.165) is 18.5 Å². The Labute approximate surface area is 84.3 Å². The highest BCUT2D eigenvalue weighted by atomic mass is 19.1. The van der Waals surface area contributed by atoms with Gasteiger partial charge in [0, 0.05) is 6.04 Å². The van der Waals surface area contributed by atoms with Crippen molar-refractivity contribution in [3.05, 3.63) is 29.8 Å². The number of aromatic nitrogens is 1. The predicted octanol–water partition coefficient (Wildman–Crippen LogP) is 2.66. The SMILES string of the molecule is CC(C)CCC(N)c1ccc(F)cn1. The van der Waals surface area contributed by atoms with E-state index in [1.165, 1.54) is 12.3 Å². The van der Waals surface area contributed by atoms with Gasteiger partial charge in [-0.3, -0.25) is 4.98 Å². The molecule has 2 N–H and O–H groups in total. The summed E-state index contributed by atoms with van der Waals surface area (Å²) in [4.78, 5) is 3.96. The lowest BCUT2D eigenvalue weighted by molar-refractivity contribution is 0.500. The zero-order valence-electron chi connectivity index (χ0n) is 8.70. The fourth-order valence-electron chi connectivity index (χ4n) is 1.27. The van der Waals surface area contributed by atoms with Crippen molar-refractivity contribution in [2.45, 2.75) is 32.7 Å². The van der Waals surface area contributed by atoms with Crippen LogP contribution in [0.2, 0.25) is 0 Å². The third kappa shape index (κ3) is 3.42. The minimum atomic E-state index is -0.315. The first-order valence-electron chi connectivity index (χ1n) is 4.96. The molecule has 14 heavy (non-hydrogen) atoms. The van der Waals surface area contributed by atoms with Crippen LogP contribution >= 0.6 is 0 Å². The summed E-state index contributed by atoms with van der Waals surface area (Å²) in [7, 11) is 0. The number of halogens is 1. The largest absolute Gasteiger partial charge is 0.323 e. The average Bonchev–Trinajstić information content (AvgIpc) is 2.15. The third-order valence-corrected chi connectivity index (χ3v) is 2.19. The van der Waals surface area contributed by atoms with E-state index in [-0.39, 0.29) is 11.9 Å². The molecule has 1 unspecified atom stereocenters. The lowest BCUT2D eigenvalue weighted by atomic mass is 10.0. The molecule has 0 aliphatic carbocycles. The Morgan fingerprint density at radius 2 is 2.07 bits per heavy atom. The number of rotatable bonds is 4. The Morgan fingerprint density at radius 3 is 2.57 bits per heavy atom. The van der Waals surface area contributed by atoms with Crippen LogP contribution in [0.3, 0.4) is 0 Å². The lowest BCUT2D eigenvalue weighted by Crippen LogP contribution is -2.12. The highest BCUT2D eigenvalue weighted by Crippen LogP contribution is 2.16. The van der Waals surface area contributed by atoms with Crippen LogP contribution in [0, 0.1) is 11.7 Å². The van der Waals surface area contributed by atoms with Crippen molar-refractivity contribution < 1.29 is 4.39 Å². The Hall–Kier alpha value is -0.960. The average molecular weight is 196 g/mol. The Kier molecular flexibility index (Phi) is 4.01. The molecular formula is C11H17FN2. The van der Waals surface area contributed by atoms with E-state index >= 15 is 0 Å². The summed E-state index contributed by atoms with van der Waals surface area (Å²) in [6, 6.07) is 2.98. The maximum atomic E-state index is 12.6. The fraction of sp³-hybridized carbons (Fsp3) is 0.545. The molecule has 0 aliphatic rings. The van der Waals surface area contributed by atoms with E-state index in [1.807, 2.05) is 0 Å². The minimum absolute atomic E-state index is 0.0713. The molecule has 0 fully saturated rings. The third-order valence-electron chi connectivity index (χ3n) is 2.19. The number of pyridine rings is 1. The van der Waals surface area contributed by atoms with Gasteiger partial charge in [0.05, 0.1) is 11.9 Å². The Morgan fingerprint density at radius 1 is 1.36 bits per heavy atom. The molecular weight excluding hydrogens is 179 g/mol. The first-order chi connectivity index (χ1) is 6.59. The van der Waals surface area contributed by atoms with Crippen LogP contribution in [0.15, 0.2) is 18.3 Å². The second kappa shape index (κ2) is 5.05. The van der Waals surface area contributed by atoms with Gasteiger partial charge < -0.3 is 5.73 Å². The van der Waals surface area contributed by atoms with Crippen molar-refractivity contribution >= 4 is 0 Å². The molecule has 0 spiro atoms. The van der Waals surface area contributed by atoms with Crippen molar-refractivity contribution in [2.24, 2.45) is 11.7 Å². The van der Waals surface area contributed by atoms with Crippen molar-refractivity contribution in [1.29, 1.82) is 0 Å². The van der Waals surface area contributed by atoms with Crippen molar-refractivity contribution in [2.75, 3.05) is 0 Å². The van der Waals surface area contributed by atoms with Gasteiger partial charge >= 0.3 is 0 Å². The second-order valence-electron chi connectivity index (χ2n) is 3.98. The van der Waals surface area contributed by atoms with E-state index in [2.05, 4.69) is 18.8 Å². The van der Waals surface area contributed by atoms with Crippen LogP contribution in [0.1, 0.15) is 38.4 Å². The number of hydrogen-bond acceptors (Lipinski definition) is 2. The fourth-order valence-corrected chi connectivity index (χ4v) is 1.27. The molecule has 3 heteroatoms. The monoisotopic (exact) mass is 196 g/mol. The normalized spacial score (nSPS) is 13.2. The highest BCUT2D eigenvalue weighted by Gasteiger charge is 2.08. The van der Waals surface area contributed by atoms with Gasteiger partial charge in [-0.1, -0.05) is 13.8 Å². The molecule has 1 heterocycles. The molecule has 1 rings (SSSR count). The molecule has 0 aliphatic heterocycles. The van der Waals surface area contributed by atoms with E-state index in [0.29, 0.717) is 5.92 Å². The first-order valence-corrected chi connectivity index (χ1v) is 4.96. The summed E-state index contributed by atoms with van der Waals surface area (Å²) in [5.41, 5.74) is 6.68. The van der Waals surface area contributed by atoms with Crippen LogP contribution < -0.4 is 5.73 Å². The van der Waals surface area contributed by atoms with Crippen molar-refractivity contribution in [3.63, 3.8) is 0 Å². The molecule has 0 bridgehead atoms. The summed E-state index contributed by atoms with van der Waals surface area (Å²) >= 11 is 0. The highest BCUT2D eigenvalue weighted by molar-refractivity contribution is 5.09. The molecule has 0 radical (unpaired) electrons. The van der Waals surface area contributed by atoms with E-state index < -0.39 is 0 Å². The van der Waals surface area contributed by atoms with Gasteiger partial charge in [0.2, 0.25) is 0 Å². The van der Waals surface area contributed by atoms with Crippen LogP contribution in [0.5, 0.6) is 0 Å². The number of hydrogen-bond donors (Lipinski definition) is 1. The second-order valence-corrected chi connectivity index (χ2v) is 3.98. The van der Waals surface area contributed by atoms with E-state index in [1.54, 1.807) is 6.07 Å². The van der Waals surface area contributed by atoms with Gasteiger partial charge in [0.15, 0.2) is 0 Å². The molecule has 2 nitrogen and oxygen atoms in total. The zero-order chi connectivity index (χ0) is 10.6.